The first-order valence-electron chi connectivity index (χ1n) is 8.43. The van der Waals surface area contributed by atoms with E-state index in [0.717, 1.165) is 0 Å². The number of carbonyl (C=O) groups is 3. The normalized spacial score (nSPS) is 13.2. The number of rotatable bonds is 4. The Bertz CT molecular complexity index is 899. The molecule has 0 spiro atoms. The topological polar surface area (TPSA) is 129 Å². The zero-order chi connectivity index (χ0) is 20.1. The highest BCUT2D eigenvalue weighted by Gasteiger charge is 2.22. The summed E-state index contributed by atoms with van der Waals surface area (Å²) in [5.41, 5.74) is 1.01. The molecule has 146 valence electrons. The third-order valence-electron chi connectivity index (χ3n) is 3.68. The predicted octanol–water partition coefficient (Wildman–Crippen LogP) is 1.45. The van der Waals surface area contributed by atoms with Crippen molar-refractivity contribution in [1.82, 2.24) is 15.3 Å². The van der Waals surface area contributed by atoms with E-state index in [-0.39, 0.29) is 5.69 Å². The van der Waals surface area contributed by atoms with Crippen LogP contribution in [0.1, 0.15) is 23.1 Å². The zero-order valence-electron chi connectivity index (χ0n) is 15.2. The van der Waals surface area contributed by atoms with E-state index in [9.17, 15) is 14.4 Å². The third-order valence-corrected chi connectivity index (χ3v) is 3.68. The number of nitrogens with one attached hydrogen (secondary N) is 2. The second-order valence-corrected chi connectivity index (χ2v) is 5.89. The molecule has 1 aliphatic rings. The molecule has 28 heavy (non-hydrogen) atoms. The van der Waals surface area contributed by atoms with Crippen molar-refractivity contribution in [3.8, 4) is 11.5 Å². The average molecular weight is 386 g/mol. The maximum absolute atomic E-state index is 12.1. The number of urea groups is 1. The minimum absolute atomic E-state index is 0.0361. The molecule has 0 bridgehead atoms. The van der Waals surface area contributed by atoms with Crippen molar-refractivity contribution in [2.75, 3.05) is 18.5 Å². The zero-order valence-corrected chi connectivity index (χ0v) is 15.2. The molecule has 1 atom stereocenters. The van der Waals surface area contributed by atoms with E-state index in [1.165, 1.54) is 19.3 Å². The van der Waals surface area contributed by atoms with E-state index in [1.54, 1.807) is 25.1 Å². The van der Waals surface area contributed by atoms with Gasteiger partial charge in [-0.2, -0.15) is 0 Å². The molecule has 1 aromatic carbocycles. The van der Waals surface area contributed by atoms with Crippen LogP contribution in [0.5, 0.6) is 11.5 Å². The molecule has 0 fully saturated rings. The Hall–Kier alpha value is -3.69. The van der Waals surface area contributed by atoms with Gasteiger partial charge in [-0.05, 0) is 26.0 Å². The summed E-state index contributed by atoms with van der Waals surface area (Å²) < 4.78 is 15.8. The van der Waals surface area contributed by atoms with Crippen LogP contribution in [0.25, 0.3) is 0 Å². The maximum atomic E-state index is 12.1. The fourth-order valence-electron chi connectivity index (χ4n) is 2.27. The van der Waals surface area contributed by atoms with Crippen LogP contribution in [0.2, 0.25) is 0 Å². The summed E-state index contributed by atoms with van der Waals surface area (Å²) in [6.45, 7) is 3.93. The summed E-state index contributed by atoms with van der Waals surface area (Å²) in [5.74, 6) is -0.532. The summed E-state index contributed by atoms with van der Waals surface area (Å²) in [6, 6.07) is 4.06. The van der Waals surface area contributed by atoms with E-state index in [0.29, 0.717) is 36.1 Å². The maximum Gasteiger partial charge on any atom is 0.359 e. The van der Waals surface area contributed by atoms with E-state index in [1.807, 2.05) is 0 Å². The molecule has 10 nitrogen and oxygen atoms in total. The summed E-state index contributed by atoms with van der Waals surface area (Å²) >= 11 is 0. The molecule has 0 unspecified atom stereocenters. The highest BCUT2D eigenvalue weighted by molar-refractivity contribution is 6.03. The van der Waals surface area contributed by atoms with E-state index < -0.39 is 24.0 Å². The number of amides is 3. The van der Waals surface area contributed by atoms with Crippen molar-refractivity contribution in [2.45, 2.75) is 20.0 Å². The Balaban J connectivity index is 1.52. The minimum Gasteiger partial charge on any atom is -0.486 e. The van der Waals surface area contributed by atoms with E-state index in [4.69, 9.17) is 14.2 Å². The van der Waals surface area contributed by atoms with Gasteiger partial charge in [-0.1, -0.05) is 0 Å². The molecule has 0 saturated heterocycles. The van der Waals surface area contributed by atoms with Crippen molar-refractivity contribution < 1.29 is 28.6 Å². The molecule has 2 N–H and O–H groups in total. The lowest BCUT2D eigenvalue weighted by molar-refractivity contribution is -0.127. The molecular formula is C18H18N4O6. The largest absolute Gasteiger partial charge is 0.486 e. The first-order chi connectivity index (χ1) is 13.4. The van der Waals surface area contributed by atoms with Crippen LogP contribution in [0, 0.1) is 6.92 Å². The molecule has 0 radical (unpaired) electrons. The molecular weight excluding hydrogens is 368 g/mol. The van der Waals surface area contributed by atoms with Gasteiger partial charge in [0.2, 0.25) is 0 Å². The lowest BCUT2D eigenvalue weighted by Gasteiger charge is -2.19. The van der Waals surface area contributed by atoms with Gasteiger partial charge in [-0.15, -0.1) is 0 Å². The van der Waals surface area contributed by atoms with Gasteiger partial charge in [0.15, 0.2) is 23.3 Å². The van der Waals surface area contributed by atoms with Crippen molar-refractivity contribution in [1.29, 1.82) is 0 Å². The number of esters is 1. The number of carbonyl (C=O) groups excluding carboxylic acids is 3. The molecule has 0 saturated carbocycles. The number of aromatic nitrogens is 2. The van der Waals surface area contributed by atoms with E-state index in [2.05, 4.69) is 20.6 Å². The van der Waals surface area contributed by atoms with Gasteiger partial charge in [0.25, 0.3) is 5.91 Å². The standard InChI is InChI=1S/C18H18N4O6/c1-10-8-20-13(9-19-10)17(24)28-11(2)16(23)22-18(25)21-12-3-4-14-15(7-12)27-6-5-26-14/h3-4,7-9,11H,5-6H2,1-2H3,(H2,21,22,23,25)/t11-/m1/s1. The molecule has 10 heteroatoms. The van der Waals surface area contributed by atoms with Gasteiger partial charge in [-0.3, -0.25) is 15.1 Å². The molecule has 1 aliphatic heterocycles. The van der Waals surface area contributed by atoms with Crippen LogP contribution >= 0.6 is 0 Å². The van der Waals surface area contributed by atoms with Gasteiger partial charge in [-0.25, -0.2) is 14.6 Å². The molecule has 2 aromatic rings. The van der Waals surface area contributed by atoms with Crippen LogP contribution in [0.15, 0.2) is 30.6 Å². The molecule has 0 aliphatic carbocycles. The predicted molar refractivity (Wildman–Crippen MR) is 96.2 cm³/mol. The quantitative estimate of drug-likeness (QED) is 0.756. The Morgan fingerprint density at radius 1 is 1.11 bits per heavy atom. The fourth-order valence-corrected chi connectivity index (χ4v) is 2.27. The van der Waals surface area contributed by atoms with Crippen LogP contribution in [0.4, 0.5) is 10.5 Å². The van der Waals surface area contributed by atoms with Crippen LogP contribution in [-0.2, 0) is 9.53 Å². The number of benzene rings is 1. The number of nitrogens with zero attached hydrogens (tertiary/aromatic N) is 2. The van der Waals surface area contributed by atoms with Crippen LogP contribution in [-0.4, -0.2) is 47.2 Å². The minimum atomic E-state index is -1.21. The molecule has 1 aromatic heterocycles. The Kier molecular flexibility index (Phi) is 5.68. The van der Waals surface area contributed by atoms with Crippen LogP contribution in [0.3, 0.4) is 0 Å². The monoisotopic (exact) mass is 386 g/mol. The molecule has 2 heterocycles. The van der Waals surface area contributed by atoms with Gasteiger partial charge in [0.1, 0.15) is 13.2 Å². The smallest absolute Gasteiger partial charge is 0.359 e. The van der Waals surface area contributed by atoms with Gasteiger partial charge in [0, 0.05) is 18.0 Å². The summed E-state index contributed by atoms with van der Waals surface area (Å²) in [7, 11) is 0. The number of ether oxygens (including phenoxy) is 3. The summed E-state index contributed by atoms with van der Waals surface area (Å²) in [5, 5.41) is 4.60. The number of hydrogen-bond donors (Lipinski definition) is 2. The van der Waals surface area contributed by atoms with Crippen molar-refractivity contribution >= 4 is 23.6 Å². The van der Waals surface area contributed by atoms with Crippen molar-refractivity contribution in [2.24, 2.45) is 0 Å². The lowest BCUT2D eigenvalue weighted by atomic mass is 10.2. The lowest BCUT2D eigenvalue weighted by Crippen LogP contribution is -2.41. The first kappa shape index (κ1) is 19.1. The van der Waals surface area contributed by atoms with Gasteiger partial charge >= 0.3 is 12.0 Å². The molecule has 3 rings (SSSR count). The summed E-state index contributed by atoms with van der Waals surface area (Å²) in [4.78, 5) is 43.8. The Morgan fingerprint density at radius 3 is 2.57 bits per heavy atom. The van der Waals surface area contributed by atoms with E-state index >= 15 is 0 Å². The third kappa shape index (κ3) is 4.72. The highest BCUT2D eigenvalue weighted by Crippen LogP contribution is 2.32. The first-order valence-corrected chi connectivity index (χ1v) is 8.43. The number of imide groups is 1. The van der Waals surface area contributed by atoms with Gasteiger partial charge in [0.05, 0.1) is 11.9 Å². The number of anilines is 1. The second kappa shape index (κ2) is 8.33. The fraction of sp³-hybridized carbons (Fsp3) is 0.278. The SMILES string of the molecule is Cc1cnc(C(=O)O[C@H](C)C(=O)NC(=O)Nc2ccc3c(c2)OCCO3)cn1. The second-order valence-electron chi connectivity index (χ2n) is 5.89. The average Bonchev–Trinajstić information content (AvgIpc) is 2.68. The van der Waals surface area contributed by atoms with Crippen molar-refractivity contribution in [3.63, 3.8) is 0 Å². The number of hydrogen-bond acceptors (Lipinski definition) is 8. The van der Waals surface area contributed by atoms with Crippen LogP contribution < -0.4 is 20.1 Å². The highest BCUT2D eigenvalue weighted by atomic mass is 16.6. The Morgan fingerprint density at radius 2 is 1.86 bits per heavy atom. The van der Waals surface area contributed by atoms with Crippen molar-refractivity contribution in [3.05, 3.63) is 42.0 Å². The number of fused-ring (bicyclic) bond motifs is 1. The van der Waals surface area contributed by atoms with Gasteiger partial charge < -0.3 is 19.5 Å². The molecule has 3 amide bonds. The number of aryl methyl sites for hydroxylation is 1. The summed E-state index contributed by atoms with van der Waals surface area (Å²) in [6.07, 6.45) is 1.44. The Labute approximate surface area is 160 Å².